The van der Waals surface area contributed by atoms with Gasteiger partial charge in [0.1, 0.15) is 18.5 Å². The number of hydrogen-bond acceptors (Lipinski definition) is 3. The number of fused-ring (bicyclic) bond motifs is 2. The van der Waals surface area contributed by atoms with Gasteiger partial charge in [-0.15, -0.1) is 0 Å². The van der Waals surface area contributed by atoms with Crippen molar-refractivity contribution in [3.8, 4) is 16.9 Å². The molecule has 1 aliphatic heterocycles. The van der Waals surface area contributed by atoms with Crippen molar-refractivity contribution in [1.29, 1.82) is 0 Å². The van der Waals surface area contributed by atoms with Crippen molar-refractivity contribution < 1.29 is 9.84 Å². The van der Waals surface area contributed by atoms with E-state index >= 15 is 0 Å². The molecular formula is C27H27NO2. The molecule has 0 radical (unpaired) electrons. The van der Waals surface area contributed by atoms with Crippen LogP contribution in [0.15, 0.2) is 72.8 Å². The van der Waals surface area contributed by atoms with Crippen LogP contribution in [0.25, 0.3) is 17.2 Å². The molecule has 1 heterocycles. The summed E-state index contributed by atoms with van der Waals surface area (Å²) in [5, 5.41) is 10.5. The first kappa shape index (κ1) is 19.1. The zero-order chi connectivity index (χ0) is 20.3. The number of ether oxygens (including phenoxy) is 1. The van der Waals surface area contributed by atoms with Crippen molar-refractivity contribution in [2.24, 2.45) is 0 Å². The Morgan fingerprint density at radius 3 is 2.70 bits per heavy atom. The lowest BCUT2D eigenvalue weighted by Gasteiger charge is -2.30. The van der Waals surface area contributed by atoms with Gasteiger partial charge in [0, 0.05) is 19.6 Å². The summed E-state index contributed by atoms with van der Waals surface area (Å²) in [6.07, 6.45) is 5.93. The van der Waals surface area contributed by atoms with Crippen LogP contribution in [0.4, 0.5) is 0 Å². The Balaban J connectivity index is 1.18. The maximum absolute atomic E-state index is 10.5. The molecule has 0 amide bonds. The highest BCUT2D eigenvalue weighted by Crippen LogP contribution is 2.29. The molecule has 0 saturated heterocycles. The van der Waals surface area contributed by atoms with E-state index in [9.17, 15) is 5.11 Å². The summed E-state index contributed by atoms with van der Waals surface area (Å²) >= 11 is 0. The molecule has 1 N–H and O–H groups in total. The topological polar surface area (TPSA) is 32.7 Å². The zero-order valence-electron chi connectivity index (χ0n) is 17.1. The van der Waals surface area contributed by atoms with E-state index in [2.05, 4.69) is 71.6 Å². The largest absolute Gasteiger partial charge is 0.491 e. The Hall–Kier alpha value is -2.88. The minimum Gasteiger partial charge on any atom is -0.491 e. The molecule has 152 valence electrons. The Kier molecular flexibility index (Phi) is 5.39. The fourth-order valence-electron chi connectivity index (χ4n) is 4.46. The molecule has 0 saturated carbocycles. The van der Waals surface area contributed by atoms with Crippen LogP contribution < -0.4 is 4.74 Å². The lowest BCUT2D eigenvalue weighted by Crippen LogP contribution is -2.38. The molecule has 1 aliphatic carbocycles. The van der Waals surface area contributed by atoms with Crippen LogP contribution in [-0.4, -0.2) is 35.8 Å². The average molecular weight is 398 g/mol. The predicted molar refractivity (Wildman–Crippen MR) is 122 cm³/mol. The first-order valence-corrected chi connectivity index (χ1v) is 10.7. The van der Waals surface area contributed by atoms with Crippen molar-refractivity contribution in [2.45, 2.75) is 25.5 Å². The third-order valence-electron chi connectivity index (χ3n) is 6.07. The van der Waals surface area contributed by atoms with E-state index in [1.54, 1.807) is 0 Å². The molecule has 1 unspecified atom stereocenters. The van der Waals surface area contributed by atoms with Crippen LogP contribution in [-0.2, 0) is 19.4 Å². The summed E-state index contributed by atoms with van der Waals surface area (Å²) in [7, 11) is 0. The number of rotatable bonds is 6. The van der Waals surface area contributed by atoms with E-state index in [0.717, 1.165) is 37.2 Å². The number of β-amino-alcohol motifs (C(OH)–C–C–N with tert-alkyl or cyclic N) is 1. The van der Waals surface area contributed by atoms with E-state index in [1.165, 1.54) is 27.8 Å². The number of allylic oxidation sites excluding steroid dienone is 1. The van der Waals surface area contributed by atoms with Crippen LogP contribution in [0.3, 0.4) is 0 Å². The van der Waals surface area contributed by atoms with E-state index in [4.69, 9.17) is 4.74 Å². The van der Waals surface area contributed by atoms with Crippen molar-refractivity contribution in [1.82, 2.24) is 4.90 Å². The molecule has 0 fully saturated rings. The molecule has 30 heavy (non-hydrogen) atoms. The van der Waals surface area contributed by atoms with Crippen LogP contribution in [0.1, 0.15) is 22.3 Å². The molecule has 0 aromatic heterocycles. The summed E-state index contributed by atoms with van der Waals surface area (Å²) in [6, 6.07) is 23.3. The van der Waals surface area contributed by atoms with Crippen LogP contribution in [0.5, 0.6) is 5.75 Å². The smallest absolute Gasteiger partial charge is 0.120 e. The van der Waals surface area contributed by atoms with Crippen molar-refractivity contribution >= 4 is 6.08 Å². The highest BCUT2D eigenvalue weighted by molar-refractivity contribution is 5.71. The van der Waals surface area contributed by atoms with Gasteiger partial charge < -0.3 is 9.84 Å². The lowest BCUT2D eigenvalue weighted by molar-refractivity contribution is 0.0638. The van der Waals surface area contributed by atoms with Gasteiger partial charge in [-0.25, -0.2) is 0 Å². The lowest BCUT2D eigenvalue weighted by atomic mass is 10.00. The van der Waals surface area contributed by atoms with Gasteiger partial charge >= 0.3 is 0 Å². The van der Waals surface area contributed by atoms with Gasteiger partial charge in [-0.2, -0.15) is 0 Å². The molecule has 3 aromatic rings. The fraction of sp³-hybridized carbons (Fsp3) is 0.259. The zero-order valence-corrected chi connectivity index (χ0v) is 17.1. The van der Waals surface area contributed by atoms with Gasteiger partial charge in [-0.05, 0) is 58.4 Å². The van der Waals surface area contributed by atoms with Gasteiger partial charge in [-0.1, -0.05) is 66.7 Å². The average Bonchev–Trinajstić information content (AvgIpc) is 3.26. The van der Waals surface area contributed by atoms with Crippen LogP contribution >= 0.6 is 0 Å². The number of aliphatic hydroxyl groups is 1. The SMILES string of the molecule is OC(COc1cccc(-c2ccc3c(c2)CC=C3)c1)CN1CCc2ccccc2C1. The van der Waals surface area contributed by atoms with Gasteiger partial charge in [0.05, 0.1) is 0 Å². The summed E-state index contributed by atoms with van der Waals surface area (Å²) in [4.78, 5) is 2.31. The number of nitrogens with zero attached hydrogens (tertiary/aromatic N) is 1. The first-order valence-electron chi connectivity index (χ1n) is 10.7. The van der Waals surface area contributed by atoms with Crippen molar-refractivity contribution in [2.75, 3.05) is 19.7 Å². The van der Waals surface area contributed by atoms with E-state index in [-0.39, 0.29) is 0 Å². The predicted octanol–water partition coefficient (Wildman–Crippen LogP) is 4.72. The van der Waals surface area contributed by atoms with Crippen LogP contribution in [0.2, 0.25) is 0 Å². The summed E-state index contributed by atoms with van der Waals surface area (Å²) in [6.45, 7) is 2.81. The maximum Gasteiger partial charge on any atom is 0.120 e. The number of aliphatic hydroxyl groups excluding tert-OH is 1. The van der Waals surface area contributed by atoms with Gasteiger partial charge in [-0.3, -0.25) is 4.90 Å². The maximum atomic E-state index is 10.5. The summed E-state index contributed by atoms with van der Waals surface area (Å²) in [5.41, 5.74) is 7.83. The van der Waals surface area contributed by atoms with E-state index in [1.807, 2.05) is 12.1 Å². The Labute approximate surface area is 178 Å². The molecule has 0 spiro atoms. The molecule has 5 rings (SSSR count). The van der Waals surface area contributed by atoms with Gasteiger partial charge in [0.2, 0.25) is 0 Å². The Bertz CT molecular complexity index is 1070. The monoisotopic (exact) mass is 397 g/mol. The standard InChI is InChI=1S/C27H27NO2/c29-26(18-28-14-13-21-5-1-2-6-25(21)17-28)19-30-27-10-4-9-23(16-27)24-12-11-20-7-3-8-22(20)15-24/h1-7,9-12,15-16,26,29H,8,13-14,17-19H2. The third kappa shape index (κ3) is 4.18. The molecule has 1 atom stereocenters. The Morgan fingerprint density at radius 1 is 0.900 bits per heavy atom. The quantitative estimate of drug-likeness (QED) is 0.653. The van der Waals surface area contributed by atoms with E-state index in [0.29, 0.717) is 13.2 Å². The number of hydrogen-bond donors (Lipinski definition) is 1. The Morgan fingerprint density at radius 2 is 1.77 bits per heavy atom. The highest BCUT2D eigenvalue weighted by Gasteiger charge is 2.18. The number of benzene rings is 3. The van der Waals surface area contributed by atoms with Gasteiger partial charge in [0.25, 0.3) is 0 Å². The highest BCUT2D eigenvalue weighted by atomic mass is 16.5. The van der Waals surface area contributed by atoms with Crippen molar-refractivity contribution in [3.05, 3.63) is 95.1 Å². The molecule has 2 aliphatic rings. The third-order valence-corrected chi connectivity index (χ3v) is 6.07. The second kappa shape index (κ2) is 8.47. The molecule has 0 bridgehead atoms. The fourth-order valence-corrected chi connectivity index (χ4v) is 4.46. The van der Waals surface area contributed by atoms with Crippen LogP contribution in [0, 0.1) is 0 Å². The second-order valence-electron chi connectivity index (χ2n) is 8.27. The normalized spacial score (nSPS) is 16.2. The minimum atomic E-state index is -0.509. The molecule has 3 heteroatoms. The first-order chi connectivity index (χ1) is 14.7. The van der Waals surface area contributed by atoms with Crippen molar-refractivity contribution in [3.63, 3.8) is 0 Å². The van der Waals surface area contributed by atoms with Gasteiger partial charge in [0.15, 0.2) is 0 Å². The second-order valence-corrected chi connectivity index (χ2v) is 8.27. The van der Waals surface area contributed by atoms with E-state index < -0.39 is 6.10 Å². The molecule has 3 nitrogen and oxygen atoms in total. The molecule has 3 aromatic carbocycles. The molecular weight excluding hydrogens is 370 g/mol. The summed E-state index contributed by atoms with van der Waals surface area (Å²) < 4.78 is 5.94. The summed E-state index contributed by atoms with van der Waals surface area (Å²) in [5.74, 6) is 0.800. The minimum absolute atomic E-state index is 0.301.